The highest BCUT2D eigenvalue weighted by molar-refractivity contribution is 5.79. The lowest BCUT2D eigenvalue weighted by Gasteiger charge is -2.34. The zero-order valence-electron chi connectivity index (χ0n) is 16.5. The normalized spacial score (nSPS) is 19.2. The van der Waals surface area contributed by atoms with E-state index in [1.165, 1.54) is 0 Å². The van der Waals surface area contributed by atoms with E-state index < -0.39 is 0 Å². The number of likely N-dealkylation sites (N-methyl/N-ethyl adjacent to an activating group) is 1. The largest absolute Gasteiger partial charge is 0.396 e. The summed E-state index contributed by atoms with van der Waals surface area (Å²) in [5.74, 6) is 1.42. The fourth-order valence-electron chi connectivity index (χ4n) is 3.26. The molecule has 1 aliphatic rings. The molecule has 0 spiro atoms. The molecule has 0 amide bonds. The maximum absolute atomic E-state index is 9.67. The van der Waals surface area contributed by atoms with Crippen LogP contribution >= 0.6 is 0 Å². The molecular formula is C20H35N5O. The molecule has 0 aromatic heterocycles. The molecule has 0 bridgehead atoms. The third kappa shape index (κ3) is 6.94. The standard InChI is InChI=1S/C20H35N5O/c1-17(15-25-11-9-24(3)10-12-25)13-22-20(21-2)23-14-19(16-26)18-7-5-4-6-8-18/h4-8,17,19,26H,9-16H2,1-3H3,(H2,21,22,23). The van der Waals surface area contributed by atoms with Crippen molar-refractivity contribution in [2.24, 2.45) is 10.9 Å². The number of guanidine groups is 1. The van der Waals surface area contributed by atoms with E-state index in [1.54, 1.807) is 7.05 Å². The van der Waals surface area contributed by atoms with Crippen LogP contribution in [0.15, 0.2) is 35.3 Å². The highest BCUT2D eigenvalue weighted by Gasteiger charge is 2.16. The molecule has 1 fully saturated rings. The molecule has 2 atom stereocenters. The third-order valence-electron chi connectivity index (χ3n) is 5.01. The van der Waals surface area contributed by atoms with Crippen LogP contribution in [-0.4, -0.2) is 87.4 Å². The molecule has 26 heavy (non-hydrogen) atoms. The maximum Gasteiger partial charge on any atom is 0.191 e. The molecule has 0 radical (unpaired) electrons. The number of nitrogens with one attached hydrogen (secondary N) is 2. The van der Waals surface area contributed by atoms with E-state index in [1.807, 2.05) is 18.2 Å². The van der Waals surface area contributed by atoms with E-state index in [9.17, 15) is 5.11 Å². The first kappa shape index (κ1) is 20.7. The number of aliphatic hydroxyl groups is 1. The Balaban J connectivity index is 1.71. The number of rotatable bonds is 8. The van der Waals surface area contributed by atoms with E-state index >= 15 is 0 Å². The van der Waals surface area contributed by atoms with Crippen LogP contribution in [-0.2, 0) is 0 Å². The first-order valence-electron chi connectivity index (χ1n) is 9.63. The number of piperazine rings is 1. The summed E-state index contributed by atoms with van der Waals surface area (Å²) < 4.78 is 0. The fourth-order valence-corrected chi connectivity index (χ4v) is 3.26. The molecule has 0 aliphatic carbocycles. The summed E-state index contributed by atoms with van der Waals surface area (Å²) >= 11 is 0. The quantitative estimate of drug-likeness (QED) is 0.472. The van der Waals surface area contributed by atoms with E-state index in [2.05, 4.69) is 51.5 Å². The van der Waals surface area contributed by atoms with E-state index in [0.29, 0.717) is 12.5 Å². The predicted octanol–water partition coefficient (Wildman–Crippen LogP) is 0.811. The lowest BCUT2D eigenvalue weighted by molar-refractivity contribution is 0.139. The summed E-state index contributed by atoms with van der Waals surface area (Å²) in [5.41, 5.74) is 1.14. The van der Waals surface area contributed by atoms with Gasteiger partial charge in [-0.15, -0.1) is 0 Å². The molecular weight excluding hydrogens is 326 g/mol. The van der Waals surface area contributed by atoms with Crippen LogP contribution < -0.4 is 10.6 Å². The van der Waals surface area contributed by atoms with Crippen molar-refractivity contribution in [2.45, 2.75) is 12.8 Å². The van der Waals surface area contributed by atoms with Crippen molar-refractivity contribution in [1.29, 1.82) is 0 Å². The molecule has 0 saturated carbocycles. The van der Waals surface area contributed by atoms with Crippen LogP contribution in [0.5, 0.6) is 0 Å². The number of benzene rings is 1. The SMILES string of the molecule is CN=C(NCC(C)CN1CCN(C)CC1)NCC(CO)c1ccccc1. The highest BCUT2D eigenvalue weighted by atomic mass is 16.3. The molecule has 1 saturated heterocycles. The molecule has 2 rings (SSSR count). The first-order valence-corrected chi connectivity index (χ1v) is 9.63. The third-order valence-corrected chi connectivity index (χ3v) is 5.01. The van der Waals surface area contributed by atoms with Crippen molar-refractivity contribution in [3.8, 4) is 0 Å². The van der Waals surface area contributed by atoms with E-state index in [0.717, 1.165) is 50.8 Å². The van der Waals surface area contributed by atoms with Gasteiger partial charge in [0, 0.05) is 58.8 Å². The number of hydrogen-bond donors (Lipinski definition) is 3. The number of hydrogen-bond acceptors (Lipinski definition) is 4. The average Bonchev–Trinajstić information content (AvgIpc) is 2.67. The second-order valence-electron chi connectivity index (χ2n) is 7.33. The van der Waals surface area contributed by atoms with Gasteiger partial charge in [0.05, 0.1) is 6.61 Å². The minimum Gasteiger partial charge on any atom is -0.396 e. The van der Waals surface area contributed by atoms with E-state index in [4.69, 9.17) is 0 Å². The van der Waals surface area contributed by atoms with Gasteiger partial charge in [-0.3, -0.25) is 4.99 Å². The average molecular weight is 362 g/mol. The van der Waals surface area contributed by atoms with Crippen molar-refractivity contribution >= 4 is 5.96 Å². The van der Waals surface area contributed by atoms with Crippen LogP contribution in [0.3, 0.4) is 0 Å². The molecule has 1 aromatic rings. The lowest BCUT2D eigenvalue weighted by atomic mass is 10.0. The molecule has 1 aromatic carbocycles. The van der Waals surface area contributed by atoms with Gasteiger partial charge in [-0.2, -0.15) is 0 Å². The minimum atomic E-state index is 0.0671. The van der Waals surface area contributed by atoms with Crippen LogP contribution in [0.4, 0.5) is 0 Å². The minimum absolute atomic E-state index is 0.0671. The van der Waals surface area contributed by atoms with Crippen LogP contribution in [0.25, 0.3) is 0 Å². The van der Waals surface area contributed by atoms with Gasteiger partial charge in [0.1, 0.15) is 0 Å². The predicted molar refractivity (Wildman–Crippen MR) is 109 cm³/mol. The molecule has 6 nitrogen and oxygen atoms in total. The van der Waals surface area contributed by atoms with Crippen molar-refractivity contribution in [3.05, 3.63) is 35.9 Å². The Morgan fingerprint density at radius 1 is 1.12 bits per heavy atom. The summed E-state index contributed by atoms with van der Waals surface area (Å²) in [4.78, 5) is 9.24. The Bertz CT molecular complexity index is 528. The first-order chi connectivity index (χ1) is 12.6. The van der Waals surface area contributed by atoms with Gasteiger partial charge >= 0.3 is 0 Å². The van der Waals surface area contributed by atoms with Gasteiger partial charge < -0.3 is 25.5 Å². The van der Waals surface area contributed by atoms with Gasteiger partial charge in [0.2, 0.25) is 0 Å². The van der Waals surface area contributed by atoms with E-state index in [-0.39, 0.29) is 12.5 Å². The Morgan fingerprint density at radius 2 is 1.77 bits per heavy atom. The Labute approximate surface area is 158 Å². The molecule has 146 valence electrons. The van der Waals surface area contributed by atoms with Crippen molar-refractivity contribution < 1.29 is 5.11 Å². The second-order valence-corrected chi connectivity index (χ2v) is 7.33. The maximum atomic E-state index is 9.67. The molecule has 3 N–H and O–H groups in total. The van der Waals surface area contributed by atoms with Gasteiger partial charge in [-0.25, -0.2) is 0 Å². The van der Waals surface area contributed by atoms with Crippen LogP contribution in [0, 0.1) is 5.92 Å². The topological polar surface area (TPSA) is 63.1 Å². The zero-order chi connectivity index (χ0) is 18.8. The summed E-state index contributed by atoms with van der Waals surface area (Å²) in [6.45, 7) is 9.69. The summed E-state index contributed by atoms with van der Waals surface area (Å²) in [6.07, 6.45) is 0. The Kier molecular flexibility index (Phi) is 8.88. The second kappa shape index (κ2) is 11.2. The molecule has 2 unspecified atom stereocenters. The fraction of sp³-hybridized carbons (Fsp3) is 0.650. The molecule has 1 aliphatic heterocycles. The number of aliphatic imine (C=N–C) groups is 1. The van der Waals surface area contributed by atoms with Gasteiger partial charge in [0.15, 0.2) is 5.96 Å². The summed E-state index contributed by atoms with van der Waals surface area (Å²) in [5, 5.41) is 16.4. The van der Waals surface area contributed by atoms with Crippen molar-refractivity contribution in [3.63, 3.8) is 0 Å². The zero-order valence-corrected chi connectivity index (χ0v) is 16.5. The number of aliphatic hydroxyl groups excluding tert-OH is 1. The van der Waals surface area contributed by atoms with Gasteiger partial charge in [0.25, 0.3) is 0 Å². The molecule has 6 heteroatoms. The monoisotopic (exact) mass is 361 g/mol. The van der Waals surface area contributed by atoms with Gasteiger partial charge in [-0.1, -0.05) is 37.3 Å². The highest BCUT2D eigenvalue weighted by Crippen LogP contribution is 2.13. The van der Waals surface area contributed by atoms with Crippen molar-refractivity contribution in [2.75, 3.05) is 66.5 Å². The van der Waals surface area contributed by atoms with Crippen LogP contribution in [0.1, 0.15) is 18.4 Å². The lowest BCUT2D eigenvalue weighted by Crippen LogP contribution is -2.47. The van der Waals surface area contributed by atoms with Crippen LogP contribution in [0.2, 0.25) is 0 Å². The van der Waals surface area contributed by atoms with Crippen molar-refractivity contribution in [1.82, 2.24) is 20.4 Å². The Morgan fingerprint density at radius 3 is 2.38 bits per heavy atom. The summed E-state index contributed by atoms with van der Waals surface area (Å²) in [7, 11) is 3.98. The van der Waals surface area contributed by atoms with Gasteiger partial charge in [-0.05, 0) is 18.5 Å². The smallest absolute Gasteiger partial charge is 0.191 e. The summed E-state index contributed by atoms with van der Waals surface area (Å²) in [6, 6.07) is 10.1. The Hall–Kier alpha value is -1.63. The number of nitrogens with zero attached hydrogens (tertiary/aromatic N) is 3. The molecule has 1 heterocycles.